The first-order valence-electron chi connectivity index (χ1n) is 5.80. The van der Waals surface area contributed by atoms with Gasteiger partial charge in [0.15, 0.2) is 0 Å². The third-order valence-electron chi connectivity index (χ3n) is 3.64. The Hall–Kier alpha value is -1.10. The highest BCUT2D eigenvalue weighted by molar-refractivity contribution is 5.88. The molecule has 1 aliphatic heterocycles. The molecule has 1 heterocycles. The molecule has 16 heavy (non-hydrogen) atoms. The van der Waals surface area contributed by atoms with Gasteiger partial charge in [-0.3, -0.25) is 9.59 Å². The molecular formula is C11H18N2O3. The average molecular weight is 226 g/mol. The Morgan fingerprint density at radius 3 is 2.62 bits per heavy atom. The minimum atomic E-state index is -0.734. The van der Waals surface area contributed by atoms with Crippen LogP contribution in [0, 0.1) is 5.92 Å². The van der Waals surface area contributed by atoms with E-state index in [9.17, 15) is 14.7 Å². The van der Waals surface area contributed by atoms with Crippen molar-refractivity contribution in [2.75, 3.05) is 13.1 Å². The minimum Gasteiger partial charge on any atom is -0.388 e. The highest BCUT2D eigenvalue weighted by Crippen LogP contribution is 2.31. The first-order valence-corrected chi connectivity index (χ1v) is 5.80. The number of carbonyl (C=O) groups is 2. The zero-order valence-corrected chi connectivity index (χ0v) is 9.32. The Morgan fingerprint density at radius 1 is 1.50 bits per heavy atom. The molecule has 2 amide bonds. The first-order chi connectivity index (χ1) is 7.50. The molecule has 1 saturated heterocycles. The predicted octanol–water partition coefficient (Wildman–Crippen LogP) is -0.375. The summed E-state index contributed by atoms with van der Waals surface area (Å²) in [5, 5.41) is 10.2. The van der Waals surface area contributed by atoms with E-state index in [1.54, 1.807) is 4.90 Å². The topological polar surface area (TPSA) is 83.6 Å². The smallest absolute Gasteiger partial charge is 0.223 e. The summed E-state index contributed by atoms with van der Waals surface area (Å²) in [6.07, 6.45) is 3.72. The molecular weight excluding hydrogens is 208 g/mol. The summed E-state index contributed by atoms with van der Waals surface area (Å²) >= 11 is 0. The Morgan fingerprint density at radius 2 is 2.12 bits per heavy atom. The number of hydrogen-bond donors (Lipinski definition) is 2. The Labute approximate surface area is 94.6 Å². The van der Waals surface area contributed by atoms with Crippen molar-refractivity contribution in [3.63, 3.8) is 0 Å². The molecule has 5 heteroatoms. The van der Waals surface area contributed by atoms with Gasteiger partial charge in [-0.1, -0.05) is 12.8 Å². The van der Waals surface area contributed by atoms with Gasteiger partial charge in [-0.05, 0) is 12.8 Å². The van der Waals surface area contributed by atoms with Crippen LogP contribution < -0.4 is 5.73 Å². The summed E-state index contributed by atoms with van der Waals surface area (Å²) in [7, 11) is 0. The number of primary amides is 1. The Bertz CT molecular complexity index is 310. The molecule has 2 rings (SSSR count). The second-order valence-corrected chi connectivity index (χ2v) is 5.01. The molecule has 0 aromatic rings. The van der Waals surface area contributed by atoms with Crippen LogP contribution in [-0.2, 0) is 9.59 Å². The predicted molar refractivity (Wildman–Crippen MR) is 57.3 cm³/mol. The van der Waals surface area contributed by atoms with Gasteiger partial charge < -0.3 is 15.7 Å². The number of carbonyl (C=O) groups excluding carboxylic acids is 2. The van der Waals surface area contributed by atoms with E-state index in [0.717, 1.165) is 25.7 Å². The van der Waals surface area contributed by atoms with Crippen molar-refractivity contribution >= 4 is 11.8 Å². The molecule has 1 saturated carbocycles. The molecule has 2 fully saturated rings. The number of amides is 2. The lowest BCUT2D eigenvalue weighted by Crippen LogP contribution is -2.42. The number of nitrogens with two attached hydrogens (primary N) is 1. The van der Waals surface area contributed by atoms with Crippen molar-refractivity contribution in [3.8, 4) is 0 Å². The van der Waals surface area contributed by atoms with Gasteiger partial charge in [0, 0.05) is 19.5 Å². The summed E-state index contributed by atoms with van der Waals surface area (Å²) < 4.78 is 0. The van der Waals surface area contributed by atoms with Gasteiger partial charge in [0.25, 0.3) is 0 Å². The largest absolute Gasteiger partial charge is 0.388 e. The number of nitrogens with zero attached hydrogens (tertiary/aromatic N) is 1. The van der Waals surface area contributed by atoms with Gasteiger partial charge in [0.05, 0.1) is 11.5 Å². The fraction of sp³-hybridized carbons (Fsp3) is 0.818. The molecule has 2 aliphatic rings. The van der Waals surface area contributed by atoms with E-state index in [1.807, 2.05) is 0 Å². The quantitative estimate of drug-likeness (QED) is 0.688. The average Bonchev–Trinajstić information content (AvgIpc) is 2.75. The van der Waals surface area contributed by atoms with Crippen LogP contribution in [0.5, 0.6) is 0 Å². The van der Waals surface area contributed by atoms with Crippen LogP contribution in [0.25, 0.3) is 0 Å². The zero-order valence-electron chi connectivity index (χ0n) is 9.32. The van der Waals surface area contributed by atoms with Gasteiger partial charge in [0.2, 0.25) is 11.8 Å². The van der Waals surface area contributed by atoms with E-state index in [0.29, 0.717) is 13.1 Å². The Kier molecular flexibility index (Phi) is 2.88. The normalized spacial score (nSPS) is 28.7. The number of β-amino-alcohol motifs (C(OH)–C–C–N with tert-alkyl or cyclic N) is 1. The third kappa shape index (κ3) is 2.19. The minimum absolute atomic E-state index is 0.0656. The van der Waals surface area contributed by atoms with E-state index in [2.05, 4.69) is 0 Å². The highest BCUT2D eigenvalue weighted by Gasteiger charge is 2.39. The summed E-state index contributed by atoms with van der Waals surface area (Å²) in [4.78, 5) is 24.2. The van der Waals surface area contributed by atoms with Crippen LogP contribution in [0.1, 0.15) is 32.1 Å². The van der Waals surface area contributed by atoms with Gasteiger partial charge in [-0.15, -0.1) is 0 Å². The summed E-state index contributed by atoms with van der Waals surface area (Å²) in [6.45, 7) is 0.728. The van der Waals surface area contributed by atoms with E-state index in [4.69, 9.17) is 5.73 Å². The summed E-state index contributed by atoms with van der Waals surface area (Å²) in [5.41, 5.74) is 4.45. The highest BCUT2D eigenvalue weighted by atomic mass is 16.3. The van der Waals surface area contributed by atoms with Gasteiger partial charge in [0.1, 0.15) is 0 Å². The molecule has 5 nitrogen and oxygen atoms in total. The maximum absolute atomic E-state index is 11.6. The number of aliphatic hydroxyl groups is 1. The third-order valence-corrected chi connectivity index (χ3v) is 3.64. The lowest BCUT2D eigenvalue weighted by Gasteiger charge is -2.28. The molecule has 1 atom stereocenters. The molecule has 1 unspecified atom stereocenters. The fourth-order valence-electron chi connectivity index (χ4n) is 2.66. The SMILES string of the molecule is NC(=O)C1CC(=O)N(CC2(O)CCCC2)C1. The zero-order chi connectivity index (χ0) is 11.8. The Balaban J connectivity index is 1.95. The van der Waals surface area contributed by atoms with Gasteiger partial charge in [-0.2, -0.15) is 0 Å². The van der Waals surface area contributed by atoms with Crippen LogP contribution >= 0.6 is 0 Å². The van der Waals surface area contributed by atoms with E-state index in [1.165, 1.54) is 0 Å². The van der Waals surface area contributed by atoms with Crippen LogP contribution in [0.2, 0.25) is 0 Å². The van der Waals surface area contributed by atoms with Crippen molar-refractivity contribution < 1.29 is 14.7 Å². The van der Waals surface area contributed by atoms with E-state index < -0.39 is 11.5 Å². The van der Waals surface area contributed by atoms with Crippen LogP contribution in [0.3, 0.4) is 0 Å². The number of likely N-dealkylation sites (tertiary alicyclic amines) is 1. The maximum Gasteiger partial charge on any atom is 0.223 e. The lowest BCUT2D eigenvalue weighted by molar-refractivity contribution is -0.131. The van der Waals surface area contributed by atoms with Crippen molar-refractivity contribution in [1.82, 2.24) is 4.90 Å². The maximum atomic E-state index is 11.6. The lowest BCUT2D eigenvalue weighted by atomic mass is 10.0. The van der Waals surface area contributed by atoms with Crippen molar-refractivity contribution in [1.29, 1.82) is 0 Å². The van der Waals surface area contributed by atoms with E-state index in [-0.39, 0.29) is 18.2 Å². The summed E-state index contributed by atoms with van der Waals surface area (Å²) in [6, 6.07) is 0. The molecule has 0 spiro atoms. The monoisotopic (exact) mass is 226 g/mol. The summed E-state index contributed by atoms with van der Waals surface area (Å²) in [5.74, 6) is -0.865. The molecule has 0 radical (unpaired) electrons. The van der Waals surface area contributed by atoms with Crippen molar-refractivity contribution in [3.05, 3.63) is 0 Å². The molecule has 0 aromatic heterocycles. The number of rotatable bonds is 3. The van der Waals surface area contributed by atoms with Gasteiger partial charge >= 0.3 is 0 Å². The molecule has 90 valence electrons. The molecule has 1 aliphatic carbocycles. The first kappa shape index (κ1) is 11.4. The van der Waals surface area contributed by atoms with Crippen molar-refractivity contribution in [2.45, 2.75) is 37.7 Å². The van der Waals surface area contributed by atoms with Crippen molar-refractivity contribution in [2.24, 2.45) is 11.7 Å². The molecule has 0 bridgehead atoms. The van der Waals surface area contributed by atoms with Crippen LogP contribution in [-0.4, -0.2) is 40.5 Å². The number of hydrogen-bond acceptors (Lipinski definition) is 3. The standard InChI is InChI=1S/C11H18N2O3/c12-10(15)8-5-9(14)13(6-8)7-11(16)3-1-2-4-11/h8,16H,1-7H2,(H2,12,15). The van der Waals surface area contributed by atoms with E-state index >= 15 is 0 Å². The second kappa shape index (κ2) is 4.05. The molecule has 0 aromatic carbocycles. The van der Waals surface area contributed by atoms with Gasteiger partial charge in [-0.25, -0.2) is 0 Å². The fourth-order valence-corrected chi connectivity index (χ4v) is 2.66. The van der Waals surface area contributed by atoms with Crippen LogP contribution in [0.4, 0.5) is 0 Å². The van der Waals surface area contributed by atoms with Crippen LogP contribution in [0.15, 0.2) is 0 Å². The molecule has 3 N–H and O–H groups in total. The second-order valence-electron chi connectivity index (χ2n) is 5.01.